The van der Waals surface area contributed by atoms with Gasteiger partial charge in [0.15, 0.2) is 0 Å². The van der Waals surface area contributed by atoms with Crippen LogP contribution in [0.1, 0.15) is 53.2 Å². The number of likely N-dealkylation sites (tertiary alicyclic amines) is 1. The number of nitrogens with one attached hydrogen (secondary N) is 1. The second-order valence-electron chi connectivity index (χ2n) is 7.49. The molecule has 0 spiro atoms. The monoisotopic (exact) mass is 384 g/mol. The van der Waals surface area contributed by atoms with Crippen LogP contribution in [0.5, 0.6) is 0 Å². The van der Waals surface area contributed by atoms with E-state index in [9.17, 15) is 13.2 Å². The van der Waals surface area contributed by atoms with Crippen molar-refractivity contribution in [3.63, 3.8) is 0 Å². The highest BCUT2D eigenvalue weighted by Crippen LogP contribution is 2.33. The predicted molar refractivity (Wildman–Crippen MR) is 104 cm³/mol. The fourth-order valence-corrected chi connectivity index (χ4v) is 4.95. The molecule has 1 heterocycles. The van der Waals surface area contributed by atoms with Crippen molar-refractivity contribution in [2.75, 3.05) is 6.54 Å². The smallest absolute Gasteiger partial charge is 0.254 e. The minimum Gasteiger partial charge on any atom is -0.332 e. The molecule has 1 saturated carbocycles. The topological polar surface area (TPSA) is 66.5 Å². The Morgan fingerprint density at radius 1 is 1.07 bits per heavy atom. The fraction of sp³-hybridized carbons (Fsp3) is 0.381. The molecule has 0 radical (unpaired) electrons. The Bertz CT molecular complexity index is 950. The lowest BCUT2D eigenvalue weighted by Gasteiger charge is -2.25. The quantitative estimate of drug-likeness (QED) is 0.859. The van der Waals surface area contributed by atoms with Crippen molar-refractivity contribution in [2.24, 2.45) is 0 Å². The highest BCUT2D eigenvalue weighted by molar-refractivity contribution is 7.89. The second kappa shape index (κ2) is 7.09. The van der Waals surface area contributed by atoms with Crippen LogP contribution in [-0.4, -0.2) is 31.8 Å². The Morgan fingerprint density at radius 2 is 1.81 bits per heavy atom. The molecule has 6 heteroatoms. The molecule has 2 aliphatic rings. The molecule has 1 N–H and O–H groups in total. The molecular weight excluding hydrogens is 360 g/mol. The summed E-state index contributed by atoms with van der Waals surface area (Å²) in [4.78, 5) is 15.1. The van der Waals surface area contributed by atoms with E-state index in [-0.39, 0.29) is 22.9 Å². The maximum Gasteiger partial charge on any atom is 0.254 e. The first kappa shape index (κ1) is 18.2. The number of carbonyl (C=O) groups is 1. The van der Waals surface area contributed by atoms with Crippen LogP contribution in [0.3, 0.4) is 0 Å². The Morgan fingerprint density at radius 3 is 2.52 bits per heavy atom. The third-order valence-electron chi connectivity index (χ3n) is 5.27. The summed E-state index contributed by atoms with van der Waals surface area (Å²) in [5, 5.41) is 0. The summed E-state index contributed by atoms with van der Waals surface area (Å²) in [7, 11) is -3.57. The zero-order valence-electron chi connectivity index (χ0n) is 15.4. The van der Waals surface area contributed by atoms with Crippen molar-refractivity contribution in [1.29, 1.82) is 0 Å². The van der Waals surface area contributed by atoms with Crippen molar-refractivity contribution < 1.29 is 13.2 Å². The molecule has 1 unspecified atom stereocenters. The molecule has 1 saturated heterocycles. The van der Waals surface area contributed by atoms with Gasteiger partial charge < -0.3 is 4.90 Å². The van der Waals surface area contributed by atoms with Crippen LogP contribution >= 0.6 is 0 Å². The van der Waals surface area contributed by atoms with Crippen LogP contribution < -0.4 is 4.72 Å². The lowest BCUT2D eigenvalue weighted by Crippen LogP contribution is -2.31. The summed E-state index contributed by atoms with van der Waals surface area (Å²) in [6, 6.07) is 14.7. The first-order valence-electron chi connectivity index (χ1n) is 9.44. The Balaban J connectivity index is 1.58. The van der Waals surface area contributed by atoms with Crippen molar-refractivity contribution in [2.45, 2.75) is 49.6 Å². The van der Waals surface area contributed by atoms with E-state index in [1.807, 2.05) is 11.8 Å². The Labute approximate surface area is 160 Å². The van der Waals surface area contributed by atoms with Gasteiger partial charge in [0, 0.05) is 18.2 Å². The third-order valence-corrected chi connectivity index (χ3v) is 6.78. The predicted octanol–water partition coefficient (Wildman–Crippen LogP) is 3.41. The normalized spacial score (nSPS) is 20.0. The van der Waals surface area contributed by atoms with Gasteiger partial charge in [-0.15, -0.1) is 0 Å². The molecule has 1 aliphatic carbocycles. The number of rotatable bonds is 5. The molecule has 27 heavy (non-hydrogen) atoms. The van der Waals surface area contributed by atoms with Gasteiger partial charge >= 0.3 is 0 Å². The van der Waals surface area contributed by atoms with Crippen LogP contribution in [0.2, 0.25) is 0 Å². The largest absolute Gasteiger partial charge is 0.332 e. The lowest BCUT2D eigenvalue weighted by molar-refractivity contribution is 0.0735. The van der Waals surface area contributed by atoms with Gasteiger partial charge in [-0.25, -0.2) is 13.1 Å². The first-order chi connectivity index (χ1) is 12.9. The molecule has 1 amide bonds. The zero-order chi connectivity index (χ0) is 19.0. The number of aryl methyl sites for hydroxylation is 1. The molecule has 0 aromatic heterocycles. The first-order valence-corrected chi connectivity index (χ1v) is 10.9. The van der Waals surface area contributed by atoms with Crippen LogP contribution in [0.15, 0.2) is 53.4 Å². The number of carbonyl (C=O) groups excluding carboxylic acids is 1. The van der Waals surface area contributed by atoms with E-state index in [1.54, 1.807) is 18.2 Å². The van der Waals surface area contributed by atoms with Crippen molar-refractivity contribution in [3.8, 4) is 0 Å². The minimum atomic E-state index is -3.57. The number of hydrogen-bond acceptors (Lipinski definition) is 3. The van der Waals surface area contributed by atoms with Gasteiger partial charge in [0.1, 0.15) is 0 Å². The van der Waals surface area contributed by atoms with Gasteiger partial charge in [-0.05, 0) is 56.4 Å². The van der Waals surface area contributed by atoms with Gasteiger partial charge in [-0.3, -0.25) is 4.79 Å². The Hall–Kier alpha value is -2.18. The number of benzene rings is 2. The van der Waals surface area contributed by atoms with E-state index in [0.717, 1.165) is 31.2 Å². The zero-order valence-corrected chi connectivity index (χ0v) is 16.2. The highest BCUT2D eigenvalue weighted by atomic mass is 32.2. The lowest BCUT2D eigenvalue weighted by atomic mass is 10.0. The SMILES string of the molecule is Cc1ccc(C2CCCN2C(=O)c2cccc(S(=O)(=O)NC3CC3)c2)cc1. The summed E-state index contributed by atoms with van der Waals surface area (Å²) in [6.45, 7) is 2.73. The van der Waals surface area contributed by atoms with Crippen LogP contribution in [0, 0.1) is 6.92 Å². The summed E-state index contributed by atoms with van der Waals surface area (Å²) in [5.74, 6) is -0.110. The van der Waals surface area contributed by atoms with E-state index in [2.05, 4.69) is 29.0 Å². The van der Waals surface area contributed by atoms with E-state index in [4.69, 9.17) is 0 Å². The second-order valence-corrected chi connectivity index (χ2v) is 9.20. The Kier molecular flexibility index (Phi) is 4.78. The number of hydrogen-bond donors (Lipinski definition) is 1. The number of sulfonamides is 1. The standard InChI is InChI=1S/C21H24N2O3S/c1-15-7-9-16(10-8-15)20-6-3-13-23(20)21(24)17-4-2-5-19(14-17)27(25,26)22-18-11-12-18/h2,4-5,7-10,14,18,20,22H,3,6,11-13H2,1H3. The van der Waals surface area contributed by atoms with Gasteiger partial charge in [0.25, 0.3) is 5.91 Å². The van der Waals surface area contributed by atoms with E-state index < -0.39 is 10.0 Å². The maximum absolute atomic E-state index is 13.1. The molecule has 142 valence electrons. The van der Waals surface area contributed by atoms with Gasteiger partial charge in [-0.2, -0.15) is 0 Å². The highest BCUT2D eigenvalue weighted by Gasteiger charge is 2.32. The molecule has 1 aliphatic heterocycles. The summed E-state index contributed by atoms with van der Waals surface area (Å²) >= 11 is 0. The average Bonchev–Trinajstić information content (AvgIpc) is 3.32. The molecule has 5 nitrogen and oxygen atoms in total. The molecule has 2 aromatic carbocycles. The molecule has 2 fully saturated rings. The van der Waals surface area contributed by atoms with Crippen molar-refractivity contribution >= 4 is 15.9 Å². The molecular formula is C21H24N2O3S. The molecule has 4 rings (SSSR count). The molecule has 0 bridgehead atoms. The van der Waals surface area contributed by atoms with E-state index in [0.29, 0.717) is 12.1 Å². The number of nitrogens with zero attached hydrogens (tertiary/aromatic N) is 1. The summed E-state index contributed by atoms with van der Waals surface area (Å²) in [6.07, 6.45) is 3.63. The number of amides is 1. The maximum atomic E-state index is 13.1. The third kappa shape index (κ3) is 3.92. The van der Waals surface area contributed by atoms with Crippen molar-refractivity contribution in [1.82, 2.24) is 9.62 Å². The van der Waals surface area contributed by atoms with Crippen molar-refractivity contribution in [3.05, 3.63) is 65.2 Å². The summed E-state index contributed by atoms with van der Waals surface area (Å²) in [5.41, 5.74) is 2.74. The van der Waals surface area contributed by atoms with Gasteiger partial charge in [0.05, 0.1) is 10.9 Å². The molecule has 1 atom stereocenters. The summed E-state index contributed by atoms with van der Waals surface area (Å²) < 4.78 is 27.6. The van der Waals surface area contributed by atoms with Crippen LogP contribution in [-0.2, 0) is 10.0 Å². The average molecular weight is 385 g/mol. The van der Waals surface area contributed by atoms with Crippen LogP contribution in [0.4, 0.5) is 0 Å². The van der Waals surface area contributed by atoms with Crippen LogP contribution in [0.25, 0.3) is 0 Å². The van der Waals surface area contributed by atoms with Gasteiger partial charge in [-0.1, -0.05) is 35.9 Å². The fourth-order valence-electron chi connectivity index (χ4n) is 3.60. The molecule has 2 aromatic rings. The van der Waals surface area contributed by atoms with E-state index >= 15 is 0 Å². The minimum absolute atomic E-state index is 0.0406. The van der Waals surface area contributed by atoms with E-state index in [1.165, 1.54) is 11.6 Å². The van der Waals surface area contributed by atoms with Gasteiger partial charge in [0.2, 0.25) is 10.0 Å².